The molecule has 0 radical (unpaired) electrons. The quantitative estimate of drug-likeness (QED) is 0.627. The normalized spacial score (nSPS) is 16.9. The number of halogens is 1. The van der Waals surface area contributed by atoms with Gasteiger partial charge < -0.3 is 15.8 Å². The van der Waals surface area contributed by atoms with Crippen molar-refractivity contribution >= 4 is 11.6 Å². The molecular formula is C21H27FN4O. The smallest absolute Gasteiger partial charge is 0.193 e. The van der Waals surface area contributed by atoms with Gasteiger partial charge in [-0.05, 0) is 54.8 Å². The minimum Gasteiger partial charge on any atom is -0.379 e. The van der Waals surface area contributed by atoms with E-state index in [-0.39, 0.29) is 11.9 Å². The van der Waals surface area contributed by atoms with Gasteiger partial charge in [-0.3, -0.25) is 9.89 Å². The number of nitrogens with two attached hydrogens (primary N) is 1. The monoisotopic (exact) mass is 370 g/mol. The van der Waals surface area contributed by atoms with Crippen molar-refractivity contribution < 1.29 is 9.13 Å². The van der Waals surface area contributed by atoms with Gasteiger partial charge in [-0.1, -0.05) is 18.2 Å². The van der Waals surface area contributed by atoms with Gasteiger partial charge in [0.25, 0.3) is 0 Å². The molecule has 3 rings (SSSR count). The maximum Gasteiger partial charge on any atom is 0.193 e. The molecule has 0 amide bonds. The van der Waals surface area contributed by atoms with Crippen molar-refractivity contribution in [2.24, 2.45) is 10.7 Å². The average molecular weight is 370 g/mol. The highest BCUT2D eigenvalue weighted by Gasteiger charge is 2.22. The average Bonchev–Trinajstić information content (AvgIpc) is 2.62. The summed E-state index contributed by atoms with van der Waals surface area (Å²) < 4.78 is 19.2. The first kappa shape index (κ1) is 19.3. The molecule has 1 heterocycles. The lowest BCUT2D eigenvalue weighted by molar-refractivity contribution is 0.0179. The first-order chi connectivity index (χ1) is 13.0. The van der Waals surface area contributed by atoms with E-state index >= 15 is 0 Å². The molecule has 144 valence electrons. The highest BCUT2D eigenvalue weighted by Crippen LogP contribution is 2.23. The zero-order chi connectivity index (χ0) is 19.2. The summed E-state index contributed by atoms with van der Waals surface area (Å²) in [6.07, 6.45) is 0. The van der Waals surface area contributed by atoms with E-state index in [1.165, 1.54) is 6.07 Å². The number of rotatable bonds is 5. The van der Waals surface area contributed by atoms with Crippen LogP contribution in [0.3, 0.4) is 0 Å². The Morgan fingerprint density at radius 1 is 1.19 bits per heavy atom. The van der Waals surface area contributed by atoms with Gasteiger partial charge in [-0.25, -0.2) is 4.39 Å². The number of anilines is 1. The molecule has 1 aliphatic heterocycles. The molecule has 0 aliphatic carbocycles. The molecule has 0 aromatic heterocycles. The Balaban J connectivity index is 1.75. The summed E-state index contributed by atoms with van der Waals surface area (Å²) in [5.74, 6) is 0.116. The minimum atomic E-state index is -0.240. The first-order valence-electron chi connectivity index (χ1n) is 9.24. The molecule has 1 aliphatic rings. The number of guanidine groups is 1. The van der Waals surface area contributed by atoms with Gasteiger partial charge in [0.05, 0.1) is 25.8 Å². The molecule has 1 saturated heterocycles. The molecule has 5 nitrogen and oxygen atoms in total. The number of benzene rings is 2. The van der Waals surface area contributed by atoms with Crippen molar-refractivity contribution in [2.45, 2.75) is 19.9 Å². The highest BCUT2D eigenvalue weighted by molar-refractivity contribution is 5.92. The lowest BCUT2D eigenvalue weighted by Gasteiger charge is -2.34. The second kappa shape index (κ2) is 8.97. The third-order valence-corrected chi connectivity index (χ3v) is 4.65. The van der Waals surface area contributed by atoms with Crippen molar-refractivity contribution in [1.82, 2.24) is 4.90 Å². The van der Waals surface area contributed by atoms with Gasteiger partial charge in [-0.15, -0.1) is 0 Å². The van der Waals surface area contributed by atoms with Crippen LogP contribution in [0.15, 0.2) is 47.5 Å². The van der Waals surface area contributed by atoms with Crippen LogP contribution in [0.25, 0.3) is 0 Å². The van der Waals surface area contributed by atoms with Crippen molar-refractivity contribution in [1.29, 1.82) is 0 Å². The van der Waals surface area contributed by atoms with Crippen LogP contribution in [0.2, 0.25) is 0 Å². The maximum absolute atomic E-state index is 13.7. The first-order valence-corrected chi connectivity index (χ1v) is 9.24. The molecule has 6 heteroatoms. The molecular weight excluding hydrogens is 343 g/mol. The van der Waals surface area contributed by atoms with Gasteiger partial charge in [-0.2, -0.15) is 0 Å². The van der Waals surface area contributed by atoms with Gasteiger partial charge in [0.2, 0.25) is 0 Å². The Labute approximate surface area is 160 Å². The summed E-state index contributed by atoms with van der Waals surface area (Å²) in [7, 11) is 0. The number of aryl methyl sites for hydroxylation is 2. The number of hydrogen-bond donors (Lipinski definition) is 2. The molecule has 0 saturated carbocycles. The highest BCUT2D eigenvalue weighted by atomic mass is 19.1. The van der Waals surface area contributed by atoms with E-state index in [4.69, 9.17) is 10.5 Å². The molecule has 3 N–H and O–H groups in total. The van der Waals surface area contributed by atoms with Crippen LogP contribution in [0, 0.1) is 19.7 Å². The van der Waals surface area contributed by atoms with E-state index in [2.05, 4.69) is 21.3 Å². The van der Waals surface area contributed by atoms with Gasteiger partial charge in [0.1, 0.15) is 5.82 Å². The zero-order valence-electron chi connectivity index (χ0n) is 15.9. The Hall–Kier alpha value is -2.44. The van der Waals surface area contributed by atoms with Gasteiger partial charge >= 0.3 is 0 Å². The van der Waals surface area contributed by atoms with E-state index in [1.54, 1.807) is 12.1 Å². The number of nitrogens with one attached hydrogen (secondary N) is 1. The number of hydrogen-bond acceptors (Lipinski definition) is 3. The molecule has 2 aromatic rings. The van der Waals surface area contributed by atoms with Crippen LogP contribution in [0.4, 0.5) is 10.1 Å². The second-order valence-corrected chi connectivity index (χ2v) is 6.95. The zero-order valence-corrected chi connectivity index (χ0v) is 15.9. The topological polar surface area (TPSA) is 62.9 Å². The molecule has 0 spiro atoms. The molecule has 1 atom stereocenters. The summed E-state index contributed by atoms with van der Waals surface area (Å²) in [4.78, 5) is 6.81. The molecule has 0 bridgehead atoms. The van der Waals surface area contributed by atoms with Crippen LogP contribution >= 0.6 is 0 Å². The molecule has 1 fully saturated rings. The fourth-order valence-electron chi connectivity index (χ4n) is 3.45. The van der Waals surface area contributed by atoms with E-state index in [9.17, 15) is 4.39 Å². The summed E-state index contributed by atoms with van der Waals surface area (Å²) in [5.41, 5.74) is 10.3. The lowest BCUT2D eigenvalue weighted by Crippen LogP contribution is -2.40. The fraction of sp³-hybridized carbons (Fsp3) is 0.381. The van der Waals surface area contributed by atoms with Crippen LogP contribution in [0.5, 0.6) is 0 Å². The standard InChI is InChI=1S/C21H27FN4O/c1-15-10-16(2)12-19(11-15)25-21(23)24-14-20(26-6-8-27-9-7-26)17-4-3-5-18(22)13-17/h3-5,10-13,20H,6-9,14H2,1-2H3,(H3,23,24,25). The van der Waals surface area contributed by atoms with Crippen molar-refractivity contribution in [3.05, 3.63) is 65.0 Å². The fourth-order valence-corrected chi connectivity index (χ4v) is 3.45. The number of aliphatic imine (C=N–C) groups is 1. The van der Waals surface area contributed by atoms with Crippen LogP contribution in [0.1, 0.15) is 22.7 Å². The predicted octanol–water partition coefficient (Wildman–Crippen LogP) is 3.24. The Morgan fingerprint density at radius 3 is 2.56 bits per heavy atom. The van der Waals surface area contributed by atoms with E-state index in [0.717, 1.165) is 35.5 Å². The summed E-state index contributed by atoms with van der Waals surface area (Å²) in [5, 5.41) is 3.16. The molecule has 2 aromatic carbocycles. The summed E-state index contributed by atoms with van der Waals surface area (Å²) >= 11 is 0. The third kappa shape index (κ3) is 5.52. The number of morpholine rings is 1. The maximum atomic E-state index is 13.7. The largest absolute Gasteiger partial charge is 0.379 e. The Kier molecular flexibility index (Phi) is 6.42. The van der Waals surface area contributed by atoms with Gasteiger partial charge in [0.15, 0.2) is 5.96 Å². The molecule has 1 unspecified atom stereocenters. The Bertz CT molecular complexity index is 782. The number of nitrogens with zero attached hydrogens (tertiary/aromatic N) is 2. The van der Waals surface area contributed by atoms with E-state index in [1.807, 2.05) is 32.0 Å². The predicted molar refractivity (Wildman–Crippen MR) is 108 cm³/mol. The van der Waals surface area contributed by atoms with Crippen molar-refractivity contribution in [3.63, 3.8) is 0 Å². The Morgan fingerprint density at radius 2 is 1.89 bits per heavy atom. The lowest BCUT2D eigenvalue weighted by atomic mass is 10.0. The third-order valence-electron chi connectivity index (χ3n) is 4.65. The SMILES string of the molecule is Cc1cc(C)cc(NC(N)=NCC(c2cccc(F)c2)N2CCOCC2)c1. The van der Waals surface area contributed by atoms with Crippen molar-refractivity contribution in [3.8, 4) is 0 Å². The number of ether oxygens (including phenoxy) is 1. The second-order valence-electron chi connectivity index (χ2n) is 6.95. The molecule has 27 heavy (non-hydrogen) atoms. The van der Waals surface area contributed by atoms with Crippen LogP contribution in [-0.4, -0.2) is 43.7 Å². The van der Waals surface area contributed by atoms with Crippen LogP contribution in [-0.2, 0) is 4.74 Å². The van der Waals surface area contributed by atoms with Gasteiger partial charge in [0, 0.05) is 18.8 Å². The minimum absolute atomic E-state index is 0.0378. The van der Waals surface area contributed by atoms with Crippen LogP contribution < -0.4 is 11.1 Å². The summed E-state index contributed by atoms with van der Waals surface area (Å²) in [6.45, 7) is 7.47. The van der Waals surface area contributed by atoms with E-state index in [0.29, 0.717) is 25.7 Å². The van der Waals surface area contributed by atoms with Crippen molar-refractivity contribution in [2.75, 3.05) is 38.2 Å². The summed E-state index contributed by atoms with van der Waals surface area (Å²) in [6, 6.07) is 12.8. The van der Waals surface area contributed by atoms with E-state index < -0.39 is 0 Å².